The van der Waals surface area contributed by atoms with Crippen LogP contribution in [0.2, 0.25) is 0 Å². The van der Waals surface area contributed by atoms with Crippen molar-refractivity contribution in [1.29, 1.82) is 0 Å². The fourth-order valence-electron chi connectivity index (χ4n) is 1.32. The van der Waals surface area contributed by atoms with Gasteiger partial charge in [0.05, 0.1) is 13.0 Å². The highest BCUT2D eigenvalue weighted by Crippen LogP contribution is 2.13. The highest BCUT2D eigenvalue weighted by molar-refractivity contribution is 5.95. The van der Waals surface area contributed by atoms with E-state index in [0.29, 0.717) is 5.69 Å². The molecule has 3 N–H and O–H groups in total. The van der Waals surface area contributed by atoms with Crippen LogP contribution in [0.15, 0.2) is 30.3 Å². The molecule has 1 rings (SSSR count). The summed E-state index contributed by atoms with van der Waals surface area (Å²) in [6, 6.07) is 8.89. The van der Waals surface area contributed by atoms with Gasteiger partial charge in [-0.2, -0.15) is 0 Å². The fraction of sp³-hybridized carbons (Fsp3) is 0.273. The molecule has 86 valence electrons. The maximum atomic E-state index is 11.5. The lowest BCUT2D eigenvalue weighted by molar-refractivity contribution is -0.136. The zero-order valence-corrected chi connectivity index (χ0v) is 8.80. The van der Waals surface area contributed by atoms with Crippen LogP contribution in [0, 0.1) is 0 Å². The molecule has 1 aromatic carbocycles. The number of aliphatic carboxylic acids is 1. The van der Waals surface area contributed by atoms with Crippen molar-refractivity contribution in [2.24, 2.45) is 5.73 Å². The quantitative estimate of drug-likeness (QED) is 0.757. The highest BCUT2D eigenvalue weighted by Gasteiger charge is 2.14. The van der Waals surface area contributed by atoms with Gasteiger partial charge in [0.25, 0.3) is 0 Å². The Morgan fingerprint density at radius 3 is 2.38 bits per heavy atom. The third kappa shape index (κ3) is 3.36. The lowest BCUT2D eigenvalue weighted by atomic mass is 10.2. The topological polar surface area (TPSA) is 83.6 Å². The number of carbonyl (C=O) groups excluding carboxylic acids is 1. The van der Waals surface area contributed by atoms with Gasteiger partial charge < -0.3 is 15.7 Å². The first-order valence-corrected chi connectivity index (χ1v) is 4.92. The van der Waals surface area contributed by atoms with Crippen molar-refractivity contribution >= 4 is 17.6 Å². The van der Waals surface area contributed by atoms with Crippen LogP contribution in [-0.4, -0.2) is 30.1 Å². The molecule has 0 saturated carbocycles. The molecule has 0 spiro atoms. The van der Waals surface area contributed by atoms with E-state index in [9.17, 15) is 9.59 Å². The number of amides is 1. The molecule has 16 heavy (non-hydrogen) atoms. The minimum atomic E-state index is -0.939. The number of hydrogen-bond donors (Lipinski definition) is 2. The maximum Gasteiger partial charge on any atom is 0.305 e. The smallest absolute Gasteiger partial charge is 0.305 e. The van der Waals surface area contributed by atoms with E-state index in [1.54, 1.807) is 24.3 Å². The average Bonchev–Trinajstić information content (AvgIpc) is 2.30. The van der Waals surface area contributed by atoms with Gasteiger partial charge in [-0.25, -0.2) is 0 Å². The number of nitrogens with two attached hydrogens (primary N) is 1. The van der Waals surface area contributed by atoms with Crippen molar-refractivity contribution in [2.45, 2.75) is 6.42 Å². The molecule has 0 saturated heterocycles. The third-order valence-corrected chi connectivity index (χ3v) is 2.09. The molecule has 0 aliphatic carbocycles. The van der Waals surface area contributed by atoms with E-state index in [-0.39, 0.29) is 25.4 Å². The standard InChI is InChI=1S/C11H14N2O3/c12-8-10(14)13(7-6-11(15)16)9-4-2-1-3-5-9/h1-5H,6-8,12H2,(H,15,16). The van der Waals surface area contributed by atoms with Gasteiger partial charge >= 0.3 is 5.97 Å². The molecule has 0 fully saturated rings. The zero-order valence-electron chi connectivity index (χ0n) is 8.80. The highest BCUT2D eigenvalue weighted by atomic mass is 16.4. The van der Waals surface area contributed by atoms with Crippen molar-refractivity contribution in [3.63, 3.8) is 0 Å². The average molecular weight is 222 g/mol. The Kier molecular flexibility index (Phi) is 4.47. The predicted molar refractivity (Wildman–Crippen MR) is 60.1 cm³/mol. The maximum absolute atomic E-state index is 11.5. The Hall–Kier alpha value is -1.88. The normalized spacial score (nSPS) is 9.81. The fourth-order valence-corrected chi connectivity index (χ4v) is 1.32. The van der Waals surface area contributed by atoms with Crippen LogP contribution in [0.25, 0.3) is 0 Å². The van der Waals surface area contributed by atoms with Crippen LogP contribution in [0.3, 0.4) is 0 Å². The van der Waals surface area contributed by atoms with Crippen molar-refractivity contribution in [3.8, 4) is 0 Å². The van der Waals surface area contributed by atoms with Gasteiger partial charge in [-0.3, -0.25) is 9.59 Å². The van der Waals surface area contributed by atoms with Crippen molar-refractivity contribution < 1.29 is 14.7 Å². The van der Waals surface area contributed by atoms with Crippen molar-refractivity contribution in [2.75, 3.05) is 18.0 Å². The molecule has 0 aliphatic heterocycles. The molecule has 5 nitrogen and oxygen atoms in total. The summed E-state index contributed by atoms with van der Waals surface area (Å²) in [7, 11) is 0. The van der Waals surface area contributed by atoms with Crippen LogP contribution in [0.1, 0.15) is 6.42 Å². The monoisotopic (exact) mass is 222 g/mol. The molecule has 0 bridgehead atoms. The molecular weight excluding hydrogens is 208 g/mol. The number of carboxylic acid groups (broad SMARTS) is 1. The molecule has 0 aliphatic rings. The lowest BCUT2D eigenvalue weighted by Crippen LogP contribution is -2.37. The van der Waals surface area contributed by atoms with Gasteiger partial charge in [0.15, 0.2) is 0 Å². The Morgan fingerprint density at radius 2 is 1.88 bits per heavy atom. The van der Waals surface area contributed by atoms with Crippen LogP contribution >= 0.6 is 0 Å². The lowest BCUT2D eigenvalue weighted by Gasteiger charge is -2.21. The Labute approximate surface area is 93.5 Å². The summed E-state index contributed by atoms with van der Waals surface area (Å²) in [5.74, 6) is -1.22. The van der Waals surface area contributed by atoms with Crippen LogP contribution < -0.4 is 10.6 Å². The zero-order chi connectivity index (χ0) is 12.0. The van der Waals surface area contributed by atoms with E-state index < -0.39 is 5.97 Å². The molecule has 0 heterocycles. The summed E-state index contributed by atoms with van der Waals surface area (Å²) in [4.78, 5) is 23.4. The number of nitrogens with zero attached hydrogens (tertiary/aromatic N) is 1. The van der Waals surface area contributed by atoms with Gasteiger partial charge in [0.2, 0.25) is 5.91 Å². The number of carboxylic acids is 1. The molecule has 0 atom stereocenters. The number of hydrogen-bond acceptors (Lipinski definition) is 3. The minimum absolute atomic E-state index is 0.0966. The Balaban J connectivity index is 2.79. The van der Waals surface area contributed by atoms with E-state index in [2.05, 4.69) is 0 Å². The van der Waals surface area contributed by atoms with Gasteiger partial charge in [0.1, 0.15) is 0 Å². The van der Waals surface area contributed by atoms with Crippen molar-refractivity contribution in [1.82, 2.24) is 0 Å². The number of para-hydroxylation sites is 1. The van der Waals surface area contributed by atoms with E-state index in [1.807, 2.05) is 6.07 Å². The Morgan fingerprint density at radius 1 is 1.25 bits per heavy atom. The second kappa shape index (κ2) is 5.87. The molecule has 1 amide bonds. The number of anilines is 1. The summed E-state index contributed by atoms with van der Waals surface area (Å²) in [6.45, 7) is 0.00386. The SMILES string of the molecule is NCC(=O)N(CCC(=O)O)c1ccccc1. The van der Waals surface area contributed by atoms with Crippen LogP contribution in [0.5, 0.6) is 0 Å². The summed E-state index contributed by atoms with van der Waals surface area (Å²) in [6.07, 6.45) is -0.0966. The van der Waals surface area contributed by atoms with E-state index in [0.717, 1.165) is 0 Å². The Bertz CT molecular complexity index is 365. The second-order valence-corrected chi connectivity index (χ2v) is 3.23. The molecule has 1 aromatic rings. The second-order valence-electron chi connectivity index (χ2n) is 3.23. The number of carbonyl (C=O) groups is 2. The first kappa shape index (κ1) is 12.2. The summed E-state index contributed by atoms with van der Waals surface area (Å²) < 4.78 is 0. The first-order chi connectivity index (χ1) is 7.65. The van der Waals surface area contributed by atoms with Gasteiger partial charge in [-0.05, 0) is 12.1 Å². The summed E-state index contributed by atoms with van der Waals surface area (Å²) in [5.41, 5.74) is 5.94. The summed E-state index contributed by atoms with van der Waals surface area (Å²) in [5, 5.41) is 8.59. The van der Waals surface area contributed by atoms with Crippen LogP contribution in [0.4, 0.5) is 5.69 Å². The van der Waals surface area contributed by atoms with E-state index >= 15 is 0 Å². The van der Waals surface area contributed by atoms with Gasteiger partial charge in [-0.1, -0.05) is 18.2 Å². The molecule has 0 unspecified atom stereocenters. The number of rotatable bonds is 5. The largest absolute Gasteiger partial charge is 0.481 e. The van der Waals surface area contributed by atoms with Crippen LogP contribution in [-0.2, 0) is 9.59 Å². The molecule has 5 heteroatoms. The van der Waals surface area contributed by atoms with E-state index in [4.69, 9.17) is 10.8 Å². The number of benzene rings is 1. The first-order valence-electron chi connectivity index (χ1n) is 4.92. The predicted octanol–water partition coefficient (Wildman–Crippen LogP) is 0.453. The molecule has 0 radical (unpaired) electrons. The third-order valence-electron chi connectivity index (χ3n) is 2.09. The minimum Gasteiger partial charge on any atom is -0.481 e. The summed E-state index contributed by atoms with van der Waals surface area (Å²) >= 11 is 0. The van der Waals surface area contributed by atoms with E-state index in [1.165, 1.54) is 4.90 Å². The van der Waals surface area contributed by atoms with Crippen molar-refractivity contribution in [3.05, 3.63) is 30.3 Å². The van der Waals surface area contributed by atoms with Gasteiger partial charge in [-0.15, -0.1) is 0 Å². The van der Waals surface area contributed by atoms with Gasteiger partial charge in [0, 0.05) is 12.2 Å². The molecular formula is C11H14N2O3. The molecule has 0 aromatic heterocycles.